The lowest BCUT2D eigenvalue weighted by Gasteiger charge is -2.07. The van der Waals surface area contributed by atoms with E-state index in [4.69, 9.17) is 17.0 Å². The van der Waals surface area contributed by atoms with Crippen molar-refractivity contribution >= 4 is 12.2 Å². The number of ether oxygens (including phenoxy) is 1. The van der Waals surface area contributed by atoms with Crippen molar-refractivity contribution in [2.45, 2.75) is 33.1 Å². The van der Waals surface area contributed by atoms with Crippen molar-refractivity contribution in [1.82, 2.24) is 9.97 Å². The molecule has 0 saturated heterocycles. The first kappa shape index (κ1) is 12.3. The molecular formula is C11H18N2OS. The summed E-state index contributed by atoms with van der Waals surface area (Å²) in [5.74, 6) is 0.965. The van der Waals surface area contributed by atoms with Crippen LogP contribution in [0.1, 0.15) is 30.4 Å². The third-order valence-electron chi connectivity index (χ3n) is 2.39. The minimum Gasteiger partial charge on any atom is -0.385 e. The predicted octanol–water partition coefficient (Wildman–Crippen LogP) is 2.59. The van der Waals surface area contributed by atoms with Crippen LogP contribution in [-0.2, 0) is 17.6 Å². The summed E-state index contributed by atoms with van der Waals surface area (Å²) in [6.07, 6.45) is 2.80. The van der Waals surface area contributed by atoms with Crippen molar-refractivity contribution in [2.24, 2.45) is 0 Å². The van der Waals surface area contributed by atoms with Crippen LogP contribution in [0.4, 0.5) is 0 Å². The van der Waals surface area contributed by atoms with Gasteiger partial charge in [0.1, 0.15) is 10.5 Å². The van der Waals surface area contributed by atoms with Gasteiger partial charge < -0.3 is 9.72 Å². The fraction of sp³-hybridized carbons (Fsp3) is 0.636. The average Bonchev–Trinajstić information content (AvgIpc) is 2.18. The highest BCUT2D eigenvalue weighted by Crippen LogP contribution is 2.08. The van der Waals surface area contributed by atoms with Gasteiger partial charge in [-0.1, -0.05) is 19.1 Å². The molecule has 0 amide bonds. The molecule has 0 aliphatic heterocycles. The molecule has 0 aromatic carbocycles. The number of aryl methyl sites for hydroxylation is 2. The summed E-state index contributed by atoms with van der Waals surface area (Å²) in [6, 6.07) is 0. The van der Waals surface area contributed by atoms with Crippen LogP contribution in [-0.4, -0.2) is 23.7 Å². The van der Waals surface area contributed by atoms with Gasteiger partial charge in [-0.3, -0.25) is 0 Å². The topological polar surface area (TPSA) is 37.9 Å². The first-order valence-electron chi connectivity index (χ1n) is 5.26. The molecule has 3 nitrogen and oxygen atoms in total. The Morgan fingerprint density at radius 2 is 2.20 bits per heavy atom. The van der Waals surface area contributed by atoms with E-state index < -0.39 is 0 Å². The van der Waals surface area contributed by atoms with E-state index in [1.807, 2.05) is 0 Å². The fourth-order valence-corrected chi connectivity index (χ4v) is 2.00. The van der Waals surface area contributed by atoms with Gasteiger partial charge in [0.25, 0.3) is 0 Å². The van der Waals surface area contributed by atoms with Crippen LogP contribution >= 0.6 is 12.2 Å². The number of aromatic amines is 1. The van der Waals surface area contributed by atoms with E-state index in [9.17, 15) is 0 Å². The Labute approximate surface area is 95.9 Å². The lowest BCUT2D eigenvalue weighted by molar-refractivity contribution is 0.194. The Morgan fingerprint density at radius 3 is 2.73 bits per heavy atom. The number of nitrogens with one attached hydrogen (secondary N) is 1. The van der Waals surface area contributed by atoms with E-state index in [2.05, 4.69) is 23.8 Å². The SMILES string of the molecule is CCc1c(C)[nH]c(CCCOC)nc1=S. The van der Waals surface area contributed by atoms with Crippen LogP contribution in [0.2, 0.25) is 0 Å². The molecule has 84 valence electrons. The second-order valence-electron chi connectivity index (χ2n) is 3.54. The summed E-state index contributed by atoms with van der Waals surface area (Å²) in [5, 5.41) is 0. The molecule has 4 heteroatoms. The molecule has 1 heterocycles. The molecule has 1 aromatic rings. The molecule has 0 aliphatic carbocycles. The third-order valence-corrected chi connectivity index (χ3v) is 2.73. The fourth-order valence-electron chi connectivity index (χ4n) is 1.59. The monoisotopic (exact) mass is 226 g/mol. The number of methoxy groups -OCH3 is 1. The first-order valence-corrected chi connectivity index (χ1v) is 5.67. The summed E-state index contributed by atoms with van der Waals surface area (Å²) in [4.78, 5) is 7.67. The third kappa shape index (κ3) is 3.39. The molecule has 0 atom stereocenters. The van der Waals surface area contributed by atoms with Crippen LogP contribution in [0.3, 0.4) is 0 Å². The Morgan fingerprint density at radius 1 is 1.47 bits per heavy atom. The molecule has 0 radical (unpaired) electrons. The van der Waals surface area contributed by atoms with Gasteiger partial charge in [-0.2, -0.15) is 0 Å². The number of rotatable bonds is 5. The quantitative estimate of drug-likeness (QED) is 0.619. The van der Waals surface area contributed by atoms with Crippen molar-refractivity contribution < 1.29 is 4.74 Å². The summed E-state index contributed by atoms with van der Waals surface area (Å²) >= 11 is 5.24. The maximum absolute atomic E-state index is 5.24. The molecule has 0 unspecified atom stereocenters. The highest BCUT2D eigenvalue weighted by molar-refractivity contribution is 7.71. The lowest BCUT2D eigenvalue weighted by Crippen LogP contribution is -2.03. The minimum atomic E-state index is 0.737. The highest BCUT2D eigenvalue weighted by Gasteiger charge is 2.03. The summed E-state index contributed by atoms with van der Waals surface area (Å²) < 4.78 is 5.74. The smallest absolute Gasteiger partial charge is 0.133 e. The number of aromatic nitrogens is 2. The van der Waals surface area contributed by atoms with Crippen molar-refractivity contribution in [3.63, 3.8) is 0 Å². The normalized spacial score (nSPS) is 10.6. The Kier molecular flexibility index (Phi) is 4.91. The molecule has 0 bridgehead atoms. The van der Waals surface area contributed by atoms with Gasteiger partial charge in [-0.15, -0.1) is 0 Å². The Balaban J connectivity index is 2.80. The molecule has 15 heavy (non-hydrogen) atoms. The Bertz CT molecular complexity index is 373. The zero-order valence-electron chi connectivity index (χ0n) is 9.59. The van der Waals surface area contributed by atoms with Crippen LogP contribution in [0, 0.1) is 11.6 Å². The van der Waals surface area contributed by atoms with E-state index in [-0.39, 0.29) is 0 Å². The van der Waals surface area contributed by atoms with E-state index in [1.165, 1.54) is 0 Å². The average molecular weight is 226 g/mol. The van der Waals surface area contributed by atoms with Gasteiger partial charge >= 0.3 is 0 Å². The minimum absolute atomic E-state index is 0.737. The summed E-state index contributed by atoms with van der Waals surface area (Å²) in [5.41, 5.74) is 2.30. The van der Waals surface area contributed by atoms with Crippen molar-refractivity contribution in [2.75, 3.05) is 13.7 Å². The second-order valence-corrected chi connectivity index (χ2v) is 3.93. The largest absolute Gasteiger partial charge is 0.385 e. The first-order chi connectivity index (χ1) is 7.19. The number of nitrogens with zero attached hydrogens (tertiary/aromatic N) is 1. The number of H-pyrrole nitrogens is 1. The van der Waals surface area contributed by atoms with Gasteiger partial charge in [0.15, 0.2) is 0 Å². The lowest BCUT2D eigenvalue weighted by atomic mass is 10.2. The van der Waals surface area contributed by atoms with Crippen LogP contribution < -0.4 is 0 Å². The van der Waals surface area contributed by atoms with Gasteiger partial charge in [-0.05, 0) is 19.8 Å². The highest BCUT2D eigenvalue weighted by atomic mass is 32.1. The van der Waals surface area contributed by atoms with Gasteiger partial charge in [0.2, 0.25) is 0 Å². The van der Waals surface area contributed by atoms with E-state index in [0.717, 1.165) is 47.6 Å². The van der Waals surface area contributed by atoms with E-state index >= 15 is 0 Å². The van der Waals surface area contributed by atoms with Crippen molar-refractivity contribution in [3.05, 3.63) is 21.7 Å². The van der Waals surface area contributed by atoms with Crippen LogP contribution in [0.15, 0.2) is 0 Å². The van der Waals surface area contributed by atoms with Gasteiger partial charge in [0, 0.05) is 31.4 Å². The van der Waals surface area contributed by atoms with Crippen molar-refractivity contribution in [3.8, 4) is 0 Å². The zero-order valence-corrected chi connectivity index (χ0v) is 10.4. The molecular weight excluding hydrogens is 208 g/mol. The summed E-state index contributed by atoms with van der Waals surface area (Å²) in [6.45, 7) is 4.91. The van der Waals surface area contributed by atoms with Crippen LogP contribution in [0.5, 0.6) is 0 Å². The van der Waals surface area contributed by atoms with E-state index in [0.29, 0.717) is 0 Å². The van der Waals surface area contributed by atoms with Crippen molar-refractivity contribution in [1.29, 1.82) is 0 Å². The molecule has 1 rings (SSSR count). The van der Waals surface area contributed by atoms with Gasteiger partial charge in [-0.25, -0.2) is 4.98 Å². The second kappa shape index (κ2) is 5.98. The maximum atomic E-state index is 5.24. The Hall–Kier alpha value is -0.740. The number of hydrogen-bond donors (Lipinski definition) is 1. The zero-order chi connectivity index (χ0) is 11.3. The summed E-state index contributed by atoms with van der Waals surface area (Å²) in [7, 11) is 1.71. The van der Waals surface area contributed by atoms with E-state index in [1.54, 1.807) is 7.11 Å². The molecule has 0 aliphatic rings. The number of hydrogen-bond acceptors (Lipinski definition) is 3. The molecule has 0 fully saturated rings. The molecule has 0 spiro atoms. The van der Waals surface area contributed by atoms with Gasteiger partial charge in [0.05, 0.1) is 0 Å². The maximum Gasteiger partial charge on any atom is 0.133 e. The molecule has 0 saturated carbocycles. The standard InChI is InChI=1S/C11H18N2OS/c1-4-9-8(2)12-10(13-11(9)15)6-5-7-14-3/h4-7H2,1-3H3,(H,12,13,15). The van der Waals surface area contributed by atoms with Crippen LogP contribution in [0.25, 0.3) is 0 Å². The molecule has 1 N–H and O–H groups in total. The molecule has 1 aromatic heterocycles. The predicted molar refractivity (Wildman–Crippen MR) is 63.7 cm³/mol.